The Labute approximate surface area is 100 Å². The molecule has 0 fully saturated rings. The highest BCUT2D eigenvalue weighted by Crippen LogP contribution is 2.17. The van der Waals surface area contributed by atoms with Crippen molar-refractivity contribution in [3.05, 3.63) is 29.9 Å². The van der Waals surface area contributed by atoms with Crippen LogP contribution in [-0.2, 0) is 4.74 Å². The van der Waals surface area contributed by atoms with Crippen LogP contribution in [0, 0.1) is 0 Å². The molecule has 0 saturated heterocycles. The number of halogens is 1. The van der Waals surface area contributed by atoms with Crippen molar-refractivity contribution >= 4 is 23.1 Å². The number of pyridine rings is 1. The van der Waals surface area contributed by atoms with Crippen LogP contribution >= 0.6 is 11.6 Å². The number of nitrogens with zero attached hydrogens (tertiary/aromatic N) is 1. The maximum absolute atomic E-state index is 5.75. The number of nitrogens with one attached hydrogen (secondary N) is 1. The fourth-order valence-corrected chi connectivity index (χ4v) is 1.25. The molecule has 0 amide bonds. The topological polar surface area (TPSA) is 60.2 Å². The van der Waals surface area contributed by atoms with Crippen molar-refractivity contribution in [1.82, 2.24) is 4.98 Å². The predicted octanol–water partition coefficient (Wildman–Crippen LogP) is 2.32. The van der Waals surface area contributed by atoms with Crippen LogP contribution in [0.25, 0.3) is 0 Å². The van der Waals surface area contributed by atoms with E-state index in [4.69, 9.17) is 22.1 Å². The van der Waals surface area contributed by atoms with E-state index >= 15 is 0 Å². The van der Waals surface area contributed by atoms with E-state index in [0.29, 0.717) is 36.4 Å². The van der Waals surface area contributed by atoms with E-state index in [1.807, 2.05) is 6.08 Å². The Balaban J connectivity index is 2.26. The van der Waals surface area contributed by atoms with E-state index in [1.54, 1.807) is 12.1 Å². The molecule has 88 valence electrons. The highest BCUT2D eigenvalue weighted by Gasteiger charge is 2.00. The Bertz CT molecular complexity index is 344. The lowest BCUT2D eigenvalue weighted by Gasteiger charge is -2.08. The third kappa shape index (κ3) is 4.51. The first kappa shape index (κ1) is 12.8. The van der Waals surface area contributed by atoms with Crippen molar-refractivity contribution in [1.29, 1.82) is 0 Å². The van der Waals surface area contributed by atoms with Gasteiger partial charge in [-0.15, -0.1) is 6.58 Å². The third-order valence-electron chi connectivity index (χ3n) is 1.90. The second-order valence-electron chi connectivity index (χ2n) is 3.19. The first-order valence-corrected chi connectivity index (χ1v) is 5.46. The molecule has 0 aliphatic rings. The maximum Gasteiger partial charge on any atom is 0.151 e. The van der Waals surface area contributed by atoms with Gasteiger partial charge < -0.3 is 15.8 Å². The van der Waals surface area contributed by atoms with Crippen molar-refractivity contribution in [2.75, 3.05) is 30.8 Å². The highest BCUT2D eigenvalue weighted by atomic mass is 35.5. The van der Waals surface area contributed by atoms with Crippen LogP contribution in [0.2, 0.25) is 5.15 Å². The van der Waals surface area contributed by atoms with Crippen LogP contribution in [0.15, 0.2) is 24.8 Å². The third-order valence-corrected chi connectivity index (χ3v) is 2.11. The van der Waals surface area contributed by atoms with E-state index in [9.17, 15) is 0 Å². The molecule has 4 nitrogen and oxygen atoms in total. The van der Waals surface area contributed by atoms with E-state index in [-0.39, 0.29) is 0 Å². The SMILES string of the molecule is C=CCCOCCNc1nc(Cl)ccc1N. The molecular weight excluding hydrogens is 226 g/mol. The van der Waals surface area contributed by atoms with Crippen LogP contribution in [-0.4, -0.2) is 24.7 Å². The second kappa shape index (κ2) is 7.09. The van der Waals surface area contributed by atoms with Gasteiger partial charge in [-0.1, -0.05) is 17.7 Å². The van der Waals surface area contributed by atoms with Gasteiger partial charge in [-0.2, -0.15) is 0 Å². The molecule has 1 rings (SSSR count). The zero-order chi connectivity index (χ0) is 11.8. The molecule has 0 spiro atoms. The standard InChI is InChI=1S/C11H16ClN3O/c1-2-3-7-16-8-6-14-11-9(13)4-5-10(12)15-11/h2,4-5H,1,3,6-8,13H2,(H,14,15). The molecular formula is C11H16ClN3O. The summed E-state index contributed by atoms with van der Waals surface area (Å²) in [4.78, 5) is 4.06. The largest absolute Gasteiger partial charge is 0.396 e. The quantitative estimate of drug-likeness (QED) is 0.437. The minimum absolute atomic E-state index is 0.421. The lowest BCUT2D eigenvalue weighted by atomic mass is 10.4. The summed E-state index contributed by atoms with van der Waals surface area (Å²) in [6.07, 6.45) is 2.68. The van der Waals surface area contributed by atoms with Crippen molar-refractivity contribution in [2.24, 2.45) is 0 Å². The molecule has 3 N–H and O–H groups in total. The van der Waals surface area contributed by atoms with Crippen molar-refractivity contribution in [2.45, 2.75) is 6.42 Å². The van der Waals surface area contributed by atoms with Crippen LogP contribution in [0.4, 0.5) is 11.5 Å². The molecule has 1 aromatic heterocycles. The molecule has 0 bridgehead atoms. The Kier molecular flexibility index (Phi) is 5.67. The van der Waals surface area contributed by atoms with Crippen molar-refractivity contribution in [3.8, 4) is 0 Å². The molecule has 1 aromatic rings. The number of aromatic nitrogens is 1. The number of ether oxygens (including phenoxy) is 1. The lowest BCUT2D eigenvalue weighted by molar-refractivity contribution is 0.149. The lowest BCUT2D eigenvalue weighted by Crippen LogP contribution is -2.12. The average molecular weight is 242 g/mol. The summed E-state index contributed by atoms with van der Waals surface area (Å²) >= 11 is 5.75. The zero-order valence-electron chi connectivity index (χ0n) is 9.08. The number of nitrogens with two attached hydrogens (primary N) is 1. The fraction of sp³-hybridized carbons (Fsp3) is 0.364. The molecule has 0 atom stereocenters. The maximum atomic E-state index is 5.75. The van der Waals surface area contributed by atoms with Gasteiger partial charge in [-0.05, 0) is 18.6 Å². The van der Waals surface area contributed by atoms with Crippen LogP contribution < -0.4 is 11.1 Å². The van der Waals surface area contributed by atoms with Gasteiger partial charge in [0.1, 0.15) is 5.15 Å². The first-order chi connectivity index (χ1) is 7.74. The summed E-state index contributed by atoms with van der Waals surface area (Å²) < 4.78 is 5.33. The van der Waals surface area contributed by atoms with Gasteiger partial charge in [0.05, 0.1) is 18.9 Å². The molecule has 1 heterocycles. The van der Waals surface area contributed by atoms with E-state index < -0.39 is 0 Å². The summed E-state index contributed by atoms with van der Waals surface area (Å²) in [6, 6.07) is 3.37. The molecule has 0 aliphatic carbocycles. The molecule has 5 heteroatoms. The summed E-state index contributed by atoms with van der Waals surface area (Å²) in [5.74, 6) is 0.597. The van der Waals surface area contributed by atoms with E-state index in [0.717, 1.165) is 6.42 Å². The number of hydrogen-bond acceptors (Lipinski definition) is 4. The predicted molar refractivity (Wildman–Crippen MR) is 67.8 cm³/mol. The highest BCUT2D eigenvalue weighted by molar-refractivity contribution is 6.29. The van der Waals surface area contributed by atoms with Gasteiger partial charge >= 0.3 is 0 Å². The minimum atomic E-state index is 0.421. The molecule has 0 aliphatic heterocycles. The van der Waals surface area contributed by atoms with Crippen LogP contribution in [0.3, 0.4) is 0 Å². The average Bonchev–Trinajstić information content (AvgIpc) is 2.28. The van der Waals surface area contributed by atoms with E-state index in [1.165, 1.54) is 0 Å². The second-order valence-corrected chi connectivity index (χ2v) is 3.58. The summed E-state index contributed by atoms with van der Waals surface area (Å²) in [5.41, 5.74) is 6.29. The van der Waals surface area contributed by atoms with Crippen molar-refractivity contribution < 1.29 is 4.74 Å². The summed E-state index contributed by atoms with van der Waals surface area (Å²) in [7, 11) is 0. The van der Waals surface area contributed by atoms with Crippen LogP contribution in [0.5, 0.6) is 0 Å². The zero-order valence-corrected chi connectivity index (χ0v) is 9.83. The fourth-order valence-electron chi connectivity index (χ4n) is 1.10. The molecule has 0 aromatic carbocycles. The summed E-state index contributed by atoms with van der Waals surface area (Å²) in [6.45, 7) is 5.54. The van der Waals surface area contributed by atoms with E-state index in [2.05, 4.69) is 16.9 Å². The van der Waals surface area contributed by atoms with Gasteiger partial charge in [-0.3, -0.25) is 0 Å². The monoisotopic (exact) mass is 241 g/mol. The number of nitrogen functional groups attached to an aromatic ring is 1. The number of hydrogen-bond donors (Lipinski definition) is 2. The normalized spacial score (nSPS) is 10.1. The van der Waals surface area contributed by atoms with Crippen molar-refractivity contribution in [3.63, 3.8) is 0 Å². The molecule has 0 unspecified atom stereocenters. The van der Waals surface area contributed by atoms with Crippen LogP contribution in [0.1, 0.15) is 6.42 Å². The smallest absolute Gasteiger partial charge is 0.151 e. The number of anilines is 2. The Hall–Kier alpha value is -1.26. The van der Waals surface area contributed by atoms with Gasteiger partial charge in [-0.25, -0.2) is 4.98 Å². The first-order valence-electron chi connectivity index (χ1n) is 5.08. The van der Waals surface area contributed by atoms with Gasteiger partial charge in [0, 0.05) is 6.54 Å². The van der Waals surface area contributed by atoms with Gasteiger partial charge in [0.15, 0.2) is 5.82 Å². The Morgan fingerprint density at radius 2 is 2.31 bits per heavy atom. The summed E-state index contributed by atoms with van der Waals surface area (Å²) in [5, 5.41) is 3.48. The Morgan fingerprint density at radius 1 is 1.50 bits per heavy atom. The minimum Gasteiger partial charge on any atom is -0.396 e. The van der Waals surface area contributed by atoms with Gasteiger partial charge in [0.2, 0.25) is 0 Å². The Morgan fingerprint density at radius 3 is 3.06 bits per heavy atom. The number of rotatable bonds is 7. The molecule has 16 heavy (non-hydrogen) atoms. The molecule has 0 radical (unpaired) electrons. The molecule has 0 saturated carbocycles. The van der Waals surface area contributed by atoms with Gasteiger partial charge in [0.25, 0.3) is 0 Å².